The first-order chi connectivity index (χ1) is 22.3. The zero-order valence-electron chi connectivity index (χ0n) is 23.7. The molecule has 4 aromatic heterocycles. The summed E-state index contributed by atoms with van der Waals surface area (Å²) in [6.45, 7) is 0. The molecule has 0 amide bonds. The van der Waals surface area contributed by atoms with Crippen molar-refractivity contribution in [1.82, 2.24) is 14.3 Å². The molecule has 45 heavy (non-hydrogen) atoms. The molecule has 9 aromatic rings. The smallest absolute Gasteiger partial charge is 0.423 e. The molecule has 208 valence electrons. The Bertz CT molecular complexity index is 2820. The highest BCUT2D eigenvalue weighted by Gasteiger charge is 2.70. The number of fused-ring (bicyclic) bond motifs is 9. The van der Waals surface area contributed by atoms with E-state index in [1.54, 1.807) is 0 Å². The Hall–Kier alpha value is -5.79. The summed E-state index contributed by atoms with van der Waals surface area (Å²) in [5.41, 5.74) is 7.96. The molecule has 1 unspecified atom stereocenters. The van der Waals surface area contributed by atoms with Gasteiger partial charge in [-0.2, -0.15) is 9.13 Å². The molecule has 3 aliphatic heterocycles. The van der Waals surface area contributed by atoms with Crippen LogP contribution in [0.25, 0.3) is 64.7 Å². The molecule has 6 nitrogen and oxygen atoms in total. The Morgan fingerprint density at radius 1 is 0.667 bits per heavy atom. The Morgan fingerprint density at radius 3 is 2.33 bits per heavy atom. The molecule has 0 N–H and O–H groups in total. The first kappa shape index (κ1) is 22.7. The van der Waals surface area contributed by atoms with Crippen molar-refractivity contribution >= 4 is 53.4 Å². The number of benzene rings is 5. The van der Waals surface area contributed by atoms with Gasteiger partial charge in [0.1, 0.15) is 28.9 Å². The van der Waals surface area contributed by atoms with Crippen LogP contribution in [0.3, 0.4) is 0 Å². The van der Waals surface area contributed by atoms with E-state index >= 15 is 0 Å². The minimum Gasteiger partial charge on any atom is -0.456 e. The molecule has 1 spiro atoms. The summed E-state index contributed by atoms with van der Waals surface area (Å²) in [6.07, 6.45) is 4.40. The molecular weight excluding hydrogens is 575 g/mol. The van der Waals surface area contributed by atoms with Crippen LogP contribution in [0.5, 0.6) is 11.5 Å². The van der Waals surface area contributed by atoms with E-state index in [-0.39, 0.29) is 0 Å². The zero-order valence-corrected chi connectivity index (χ0v) is 24.5. The van der Waals surface area contributed by atoms with Crippen molar-refractivity contribution in [2.75, 3.05) is 0 Å². The summed E-state index contributed by atoms with van der Waals surface area (Å²) in [5, 5.41) is 10.5. The number of thiophene rings is 1. The van der Waals surface area contributed by atoms with Gasteiger partial charge in [0.2, 0.25) is 0 Å². The summed E-state index contributed by atoms with van der Waals surface area (Å²) >= 11 is 1.84. The molecule has 0 bridgehead atoms. The Kier molecular flexibility index (Phi) is 3.76. The molecule has 3 aliphatic rings. The van der Waals surface area contributed by atoms with Crippen LogP contribution in [-0.4, -0.2) is 14.3 Å². The highest BCUT2D eigenvalue weighted by Crippen LogP contribution is 2.54. The maximum Gasteiger partial charge on any atom is 0.423 e. The fourth-order valence-electron chi connectivity index (χ4n) is 8.29. The number of ether oxygens (including phenoxy) is 1. The topological polar surface area (TPSA) is 39.7 Å². The Morgan fingerprint density at radius 2 is 1.42 bits per heavy atom. The Labute approximate surface area is 259 Å². The van der Waals surface area contributed by atoms with Crippen molar-refractivity contribution in [1.29, 1.82) is 0 Å². The van der Waals surface area contributed by atoms with E-state index in [0.29, 0.717) is 0 Å². The standard InChI is InChI=1S/C38H21N5OS/c1-3-11-28-23(8-1)25-10-7-19-40-37(25)42(28)30-13-6-15-32-36(30)38(40)35-29(12-5-14-31(35)44-32)41-21-27(39-43(38)41)22-17-18-34-26(20-22)24-9-2-4-16-33(24)45-34/h1-21H/q+2. The number of para-hydroxylation sites is 1. The molecule has 0 saturated heterocycles. The number of hydrogen-bond acceptors (Lipinski definition) is 3. The summed E-state index contributed by atoms with van der Waals surface area (Å²) in [5.74, 6) is 1.71. The van der Waals surface area contributed by atoms with E-state index in [1.807, 2.05) is 11.3 Å². The quantitative estimate of drug-likeness (QED) is 0.183. The number of rotatable bonds is 1. The number of pyridine rings is 1. The van der Waals surface area contributed by atoms with Crippen LogP contribution in [0.1, 0.15) is 11.1 Å². The van der Waals surface area contributed by atoms with Gasteiger partial charge in [-0.05, 0) is 66.7 Å². The molecule has 0 fully saturated rings. The molecular formula is C38H21N5OS+2. The largest absolute Gasteiger partial charge is 0.456 e. The predicted molar refractivity (Wildman–Crippen MR) is 175 cm³/mol. The number of nitrogens with zero attached hydrogens (tertiary/aromatic N) is 5. The fraction of sp³-hybridized carbons (Fsp3) is 0.0263. The molecule has 12 rings (SSSR count). The van der Waals surface area contributed by atoms with Crippen LogP contribution in [0.2, 0.25) is 0 Å². The average molecular weight is 596 g/mol. The molecule has 5 aromatic carbocycles. The third-order valence-electron chi connectivity index (χ3n) is 9.99. The summed E-state index contributed by atoms with van der Waals surface area (Å²) < 4.78 is 16.4. The van der Waals surface area contributed by atoms with Crippen molar-refractivity contribution in [3.05, 3.63) is 139 Å². The molecule has 0 aliphatic carbocycles. The lowest BCUT2D eigenvalue weighted by Gasteiger charge is -2.31. The second-order valence-electron chi connectivity index (χ2n) is 12.1. The molecule has 0 radical (unpaired) electrons. The third kappa shape index (κ3) is 2.44. The molecule has 7 heterocycles. The van der Waals surface area contributed by atoms with Gasteiger partial charge in [-0.3, -0.25) is 0 Å². The fourth-order valence-corrected chi connectivity index (χ4v) is 9.37. The van der Waals surface area contributed by atoms with Gasteiger partial charge >= 0.3 is 11.3 Å². The van der Waals surface area contributed by atoms with E-state index in [0.717, 1.165) is 50.9 Å². The number of aromatic nitrogens is 5. The first-order valence-electron chi connectivity index (χ1n) is 15.1. The zero-order chi connectivity index (χ0) is 29.0. The van der Waals surface area contributed by atoms with Crippen LogP contribution >= 0.6 is 11.3 Å². The van der Waals surface area contributed by atoms with Crippen molar-refractivity contribution in [2.45, 2.75) is 5.66 Å². The maximum absolute atomic E-state index is 6.73. The minimum absolute atomic E-state index is 0.780. The van der Waals surface area contributed by atoms with Crippen LogP contribution in [0.15, 0.2) is 128 Å². The monoisotopic (exact) mass is 595 g/mol. The van der Waals surface area contributed by atoms with Gasteiger partial charge in [0.15, 0.2) is 22.5 Å². The second kappa shape index (κ2) is 7.46. The van der Waals surface area contributed by atoms with Gasteiger partial charge in [-0.1, -0.05) is 53.2 Å². The van der Waals surface area contributed by atoms with Crippen molar-refractivity contribution < 1.29 is 14.1 Å². The lowest BCUT2D eigenvalue weighted by molar-refractivity contribution is -1.01. The third-order valence-corrected chi connectivity index (χ3v) is 11.1. The average Bonchev–Trinajstić information content (AvgIpc) is 3.83. The maximum atomic E-state index is 6.73. The van der Waals surface area contributed by atoms with E-state index in [1.165, 1.54) is 36.5 Å². The SMILES string of the molecule is c1cc2c3c(c1)-n1c4ccccc4c4ccc[n+](c41)C31c3c(cccc3-n3cc(-c4ccc5sc6ccccc6c5c4)n[n+]31)O2. The van der Waals surface area contributed by atoms with Gasteiger partial charge in [0.05, 0.1) is 16.4 Å². The first-order valence-corrected chi connectivity index (χ1v) is 16.0. The molecule has 1 atom stereocenters. The highest BCUT2D eigenvalue weighted by atomic mass is 32.1. The van der Waals surface area contributed by atoms with E-state index in [9.17, 15) is 0 Å². The summed E-state index contributed by atoms with van der Waals surface area (Å²) in [4.78, 5) is 2.19. The van der Waals surface area contributed by atoms with Crippen molar-refractivity contribution in [2.24, 2.45) is 0 Å². The van der Waals surface area contributed by atoms with Crippen molar-refractivity contribution in [3.8, 4) is 34.1 Å². The van der Waals surface area contributed by atoms with E-state index < -0.39 is 5.66 Å². The second-order valence-corrected chi connectivity index (χ2v) is 13.2. The van der Waals surface area contributed by atoms with Gasteiger partial charge in [0.25, 0.3) is 0 Å². The predicted octanol–water partition coefficient (Wildman–Crippen LogP) is 7.61. The normalized spacial score (nSPS) is 16.7. The van der Waals surface area contributed by atoms with Crippen LogP contribution in [0.4, 0.5) is 0 Å². The van der Waals surface area contributed by atoms with Gasteiger partial charge < -0.3 is 4.74 Å². The molecule has 7 heteroatoms. The lowest BCUT2D eigenvalue weighted by atomic mass is 9.85. The van der Waals surface area contributed by atoms with Gasteiger partial charge in [-0.25, -0.2) is 0 Å². The lowest BCUT2D eigenvalue weighted by Crippen LogP contribution is -2.77. The van der Waals surface area contributed by atoms with Crippen molar-refractivity contribution in [3.63, 3.8) is 0 Å². The van der Waals surface area contributed by atoms with Crippen LogP contribution in [-0.2, 0) is 5.66 Å². The van der Waals surface area contributed by atoms with Crippen LogP contribution in [0, 0.1) is 0 Å². The summed E-state index contributed by atoms with van der Waals surface area (Å²) in [7, 11) is 0. The van der Waals surface area contributed by atoms with Gasteiger partial charge in [0, 0.05) is 36.2 Å². The van der Waals surface area contributed by atoms with Gasteiger partial charge in [-0.15, -0.1) is 11.3 Å². The number of hydrogen-bond donors (Lipinski definition) is 0. The van der Waals surface area contributed by atoms with E-state index in [4.69, 9.17) is 9.84 Å². The van der Waals surface area contributed by atoms with Crippen LogP contribution < -0.4 is 14.1 Å². The van der Waals surface area contributed by atoms with E-state index in [2.05, 4.69) is 146 Å². The highest BCUT2D eigenvalue weighted by molar-refractivity contribution is 7.25. The minimum atomic E-state index is -0.780. The molecule has 0 saturated carbocycles. The summed E-state index contributed by atoms with van der Waals surface area (Å²) in [6, 6.07) is 41.3. The Balaban J connectivity index is 1.23.